The predicted molar refractivity (Wildman–Crippen MR) is 57.3 cm³/mol. The number of aryl methyl sites for hydroxylation is 1. The SMILES string of the molecule is Cc1cccc(C(C)(C)C)c1O.[Na]. The van der Waals surface area contributed by atoms with Gasteiger partial charge in [-0.15, -0.1) is 0 Å². The number of aromatic hydroxyl groups is 1. The van der Waals surface area contributed by atoms with Crippen LogP contribution in [0.15, 0.2) is 18.2 Å². The van der Waals surface area contributed by atoms with Gasteiger partial charge in [0, 0.05) is 29.6 Å². The molecule has 1 aromatic carbocycles. The standard InChI is InChI=1S/C11H16O.Na/c1-8-6-5-7-9(10(8)12)11(2,3)4;/h5-7,12H,1-4H3;. The smallest absolute Gasteiger partial charge is 0.122 e. The van der Waals surface area contributed by atoms with Gasteiger partial charge in [-0.3, -0.25) is 0 Å². The van der Waals surface area contributed by atoms with Crippen molar-refractivity contribution in [2.24, 2.45) is 0 Å². The van der Waals surface area contributed by atoms with E-state index in [2.05, 4.69) is 20.8 Å². The van der Waals surface area contributed by atoms with E-state index in [9.17, 15) is 5.11 Å². The van der Waals surface area contributed by atoms with Crippen LogP contribution >= 0.6 is 0 Å². The van der Waals surface area contributed by atoms with E-state index in [1.807, 2.05) is 25.1 Å². The largest absolute Gasteiger partial charge is 0.507 e. The molecular weight excluding hydrogens is 171 g/mol. The zero-order valence-corrected chi connectivity index (χ0v) is 11.2. The molecule has 13 heavy (non-hydrogen) atoms. The average Bonchev–Trinajstić information content (AvgIpc) is 1.92. The van der Waals surface area contributed by atoms with Crippen molar-refractivity contribution in [3.05, 3.63) is 29.3 Å². The third-order valence-electron chi connectivity index (χ3n) is 2.05. The fourth-order valence-electron chi connectivity index (χ4n) is 1.26. The third-order valence-corrected chi connectivity index (χ3v) is 2.05. The van der Waals surface area contributed by atoms with Crippen molar-refractivity contribution in [2.75, 3.05) is 0 Å². The normalized spacial score (nSPS) is 10.8. The Morgan fingerprint density at radius 2 is 1.69 bits per heavy atom. The molecule has 0 aliphatic heterocycles. The number of para-hydroxylation sites is 1. The van der Waals surface area contributed by atoms with Gasteiger partial charge in [0.05, 0.1) is 0 Å². The maximum absolute atomic E-state index is 9.73. The molecule has 0 unspecified atom stereocenters. The number of phenolic OH excluding ortho intramolecular Hbond substituents is 1. The molecule has 0 saturated carbocycles. The Kier molecular flexibility index (Phi) is 4.50. The van der Waals surface area contributed by atoms with Gasteiger partial charge in [-0.05, 0) is 23.5 Å². The van der Waals surface area contributed by atoms with E-state index < -0.39 is 0 Å². The second kappa shape index (κ2) is 4.50. The van der Waals surface area contributed by atoms with Gasteiger partial charge in [0.25, 0.3) is 0 Å². The summed E-state index contributed by atoms with van der Waals surface area (Å²) in [7, 11) is 0. The minimum atomic E-state index is 0. The average molecular weight is 187 g/mol. The number of hydrogen-bond donors (Lipinski definition) is 1. The molecule has 2 heteroatoms. The van der Waals surface area contributed by atoms with Crippen LogP contribution in [0, 0.1) is 6.92 Å². The molecule has 0 aromatic heterocycles. The van der Waals surface area contributed by atoms with Crippen molar-refractivity contribution < 1.29 is 5.11 Å². The Balaban J connectivity index is 0.00000144. The number of hydrogen-bond acceptors (Lipinski definition) is 1. The van der Waals surface area contributed by atoms with Crippen LogP contribution in [0.1, 0.15) is 31.9 Å². The number of rotatable bonds is 0. The van der Waals surface area contributed by atoms with Crippen molar-refractivity contribution in [3.63, 3.8) is 0 Å². The first-order valence-corrected chi connectivity index (χ1v) is 4.22. The first-order chi connectivity index (χ1) is 5.43. The summed E-state index contributed by atoms with van der Waals surface area (Å²) in [6, 6.07) is 5.88. The van der Waals surface area contributed by atoms with Crippen LogP contribution in [0.4, 0.5) is 0 Å². The van der Waals surface area contributed by atoms with E-state index in [1.165, 1.54) is 0 Å². The molecule has 0 fully saturated rings. The van der Waals surface area contributed by atoms with Crippen molar-refractivity contribution in [1.82, 2.24) is 0 Å². The Labute approximate surface area is 102 Å². The van der Waals surface area contributed by atoms with Crippen LogP contribution in [0.2, 0.25) is 0 Å². The second-order valence-corrected chi connectivity index (χ2v) is 4.22. The second-order valence-electron chi connectivity index (χ2n) is 4.22. The molecule has 1 radical (unpaired) electrons. The summed E-state index contributed by atoms with van der Waals surface area (Å²) in [5.74, 6) is 0.435. The zero-order valence-electron chi connectivity index (χ0n) is 9.18. The molecule has 67 valence electrons. The van der Waals surface area contributed by atoms with Crippen LogP contribution in [0.5, 0.6) is 5.75 Å². The van der Waals surface area contributed by atoms with Gasteiger partial charge >= 0.3 is 0 Å². The van der Waals surface area contributed by atoms with Gasteiger partial charge in [-0.25, -0.2) is 0 Å². The molecule has 0 heterocycles. The van der Waals surface area contributed by atoms with Crippen LogP contribution in [-0.4, -0.2) is 34.7 Å². The summed E-state index contributed by atoms with van der Waals surface area (Å²) in [6.07, 6.45) is 0. The maximum atomic E-state index is 9.73. The van der Waals surface area contributed by atoms with E-state index in [-0.39, 0.29) is 35.0 Å². The van der Waals surface area contributed by atoms with Gasteiger partial charge < -0.3 is 5.11 Å². The van der Waals surface area contributed by atoms with Gasteiger partial charge in [-0.2, -0.15) is 0 Å². The van der Waals surface area contributed by atoms with E-state index in [0.717, 1.165) is 11.1 Å². The van der Waals surface area contributed by atoms with Gasteiger partial charge in [-0.1, -0.05) is 39.0 Å². The van der Waals surface area contributed by atoms with Gasteiger partial charge in [0.2, 0.25) is 0 Å². The van der Waals surface area contributed by atoms with Crippen LogP contribution in [0.3, 0.4) is 0 Å². The van der Waals surface area contributed by atoms with Crippen molar-refractivity contribution >= 4 is 29.6 Å². The maximum Gasteiger partial charge on any atom is 0.122 e. The molecule has 0 atom stereocenters. The summed E-state index contributed by atoms with van der Waals surface area (Å²) in [6.45, 7) is 8.22. The quantitative estimate of drug-likeness (QED) is 0.619. The molecule has 1 N–H and O–H groups in total. The van der Waals surface area contributed by atoms with Gasteiger partial charge in [0.1, 0.15) is 5.75 Å². The molecule has 0 spiro atoms. The fraction of sp³-hybridized carbons (Fsp3) is 0.455. The summed E-state index contributed by atoms with van der Waals surface area (Å²) in [5.41, 5.74) is 1.99. The fourth-order valence-corrected chi connectivity index (χ4v) is 1.26. The molecule has 0 aliphatic rings. The van der Waals surface area contributed by atoms with Gasteiger partial charge in [0.15, 0.2) is 0 Å². The molecule has 1 rings (SSSR count). The van der Waals surface area contributed by atoms with E-state index in [4.69, 9.17) is 0 Å². The number of benzene rings is 1. The summed E-state index contributed by atoms with van der Waals surface area (Å²) in [4.78, 5) is 0. The van der Waals surface area contributed by atoms with E-state index in [1.54, 1.807) is 0 Å². The van der Waals surface area contributed by atoms with Crippen molar-refractivity contribution in [1.29, 1.82) is 0 Å². The van der Waals surface area contributed by atoms with Crippen LogP contribution in [0.25, 0.3) is 0 Å². The topological polar surface area (TPSA) is 20.2 Å². The molecule has 0 amide bonds. The Hall–Kier alpha value is 0.0200. The van der Waals surface area contributed by atoms with Crippen LogP contribution in [-0.2, 0) is 5.41 Å². The summed E-state index contributed by atoms with van der Waals surface area (Å²) >= 11 is 0. The number of phenols is 1. The summed E-state index contributed by atoms with van der Waals surface area (Å²) < 4.78 is 0. The Morgan fingerprint density at radius 3 is 2.08 bits per heavy atom. The summed E-state index contributed by atoms with van der Waals surface area (Å²) in [5, 5.41) is 9.73. The van der Waals surface area contributed by atoms with E-state index in [0.29, 0.717) is 5.75 Å². The minimum Gasteiger partial charge on any atom is -0.507 e. The van der Waals surface area contributed by atoms with Crippen LogP contribution < -0.4 is 0 Å². The van der Waals surface area contributed by atoms with Crippen molar-refractivity contribution in [3.8, 4) is 5.75 Å². The first-order valence-electron chi connectivity index (χ1n) is 4.22. The Morgan fingerprint density at radius 1 is 1.15 bits per heavy atom. The Bertz CT molecular complexity index is 287. The molecule has 1 aromatic rings. The predicted octanol–water partition coefficient (Wildman–Crippen LogP) is 2.62. The zero-order chi connectivity index (χ0) is 9.35. The monoisotopic (exact) mass is 187 g/mol. The molecular formula is C11H16NaO. The third kappa shape index (κ3) is 3.01. The molecule has 0 bridgehead atoms. The first kappa shape index (κ1) is 13.0. The molecule has 1 nitrogen and oxygen atoms in total. The molecule has 0 aliphatic carbocycles. The minimum absolute atomic E-state index is 0. The molecule has 0 saturated heterocycles. The van der Waals surface area contributed by atoms with Crippen molar-refractivity contribution in [2.45, 2.75) is 33.1 Å². The van der Waals surface area contributed by atoms with E-state index >= 15 is 0 Å².